The Morgan fingerprint density at radius 2 is 1.00 bits per heavy atom. The molecule has 134 valence electrons. The van der Waals surface area contributed by atoms with Gasteiger partial charge in [0.05, 0.1) is 11.1 Å². The Kier molecular flexibility index (Phi) is 5.59. The summed E-state index contributed by atoms with van der Waals surface area (Å²) in [4.78, 5) is 45.4. The van der Waals surface area contributed by atoms with Crippen molar-refractivity contribution >= 4 is 17.9 Å². The molecule has 6 nitrogen and oxygen atoms in total. The number of carbonyl (C=O) groups excluding carboxylic acids is 3. The average Bonchev–Trinajstić information content (AvgIpc) is 2.73. The topological polar surface area (TPSA) is 78.9 Å². The van der Waals surface area contributed by atoms with Crippen LogP contribution in [-0.2, 0) is 9.78 Å². The Hall–Kier alpha value is -3.93. The molecule has 0 fully saturated rings. The van der Waals surface area contributed by atoms with Gasteiger partial charge in [-0.2, -0.15) is 0 Å². The van der Waals surface area contributed by atoms with Crippen molar-refractivity contribution in [2.45, 2.75) is 0 Å². The monoisotopic (exact) mass is 362 g/mol. The smallest absolute Gasteiger partial charge is 0.390 e. The van der Waals surface area contributed by atoms with Gasteiger partial charge in [0.2, 0.25) is 0 Å². The van der Waals surface area contributed by atoms with Gasteiger partial charge in [-0.25, -0.2) is 24.2 Å². The van der Waals surface area contributed by atoms with Crippen molar-refractivity contribution in [3.63, 3.8) is 0 Å². The molecule has 6 heteroatoms. The van der Waals surface area contributed by atoms with Crippen LogP contribution in [0, 0.1) is 0 Å². The van der Waals surface area contributed by atoms with Crippen LogP contribution in [-0.4, -0.2) is 17.9 Å². The molecule has 0 bridgehead atoms. The van der Waals surface area contributed by atoms with Crippen LogP contribution in [0.5, 0.6) is 5.75 Å². The second kappa shape index (κ2) is 8.44. The summed E-state index contributed by atoms with van der Waals surface area (Å²) in [6, 6.07) is 22.4. The number of rotatable bonds is 4. The first-order valence-corrected chi connectivity index (χ1v) is 7.99. The highest BCUT2D eigenvalue weighted by atomic mass is 17.2. The molecule has 0 unspecified atom stereocenters. The van der Waals surface area contributed by atoms with Crippen molar-refractivity contribution < 1.29 is 28.9 Å². The Bertz CT molecular complexity index is 951. The van der Waals surface area contributed by atoms with Crippen LogP contribution >= 0.6 is 0 Å². The van der Waals surface area contributed by atoms with Crippen molar-refractivity contribution in [1.82, 2.24) is 0 Å². The summed E-state index contributed by atoms with van der Waals surface area (Å²) in [6.45, 7) is 0. The van der Waals surface area contributed by atoms with E-state index in [-0.39, 0.29) is 16.9 Å². The highest BCUT2D eigenvalue weighted by molar-refractivity contribution is 5.96. The van der Waals surface area contributed by atoms with E-state index in [1.54, 1.807) is 60.7 Å². The van der Waals surface area contributed by atoms with E-state index in [1.807, 2.05) is 0 Å². The van der Waals surface area contributed by atoms with Crippen molar-refractivity contribution in [1.29, 1.82) is 0 Å². The van der Waals surface area contributed by atoms with Gasteiger partial charge >= 0.3 is 17.9 Å². The molecule has 0 aliphatic rings. The third-order valence-electron chi connectivity index (χ3n) is 3.52. The third-order valence-corrected chi connectivity index (χ3v) is 3.52. The Labute approximate surface area is 154 Å². The largest absolute Gasteiger partial charge is 0.422 e. The normalized spacial score (nSPS) is 9.93. The first-order valence-electron chi connectivity index (χ1n) is 7.99. The highest BCUT2D eigenvalue weighted by Crippen LogP contribution is 2.20. The van der Waals surface area contributed by atoms with E-state index in [0.717, 1.165) is 0 Å². The summed E-state index contributed by atoms with van der Waals surface area (Å²) < 4.78 is 5.26. The predicted molar refractivity (Wildman–Crippen MR) is 95.1 cm³/mol. The van der Waals surface area contributed by atoms with Gasteiger partial charge in [0, 0.05) is 0 Å². The van der Waals surface area contributed by atoms with E-state index in [1.165, 1.54) is 24.3 Å². The van der Waals surface area contributed by atoms with Gasteiger partial charge in [-0.1, -0.05) is 48.5 Å². The van der Waals surface area contributed by atoms with Crippen LogP contribution in [0.15, 0.2) is 84.9 Å². The number of esters is 1. The lowest BCUT2D eigenvalue weighted by Crippen LogP contribution is -2.15. The maximum absolute atomic E-state index is 12.2. The van der Waals surface area contributed by atoms with Gasteiger partial charge in [0.1, 0.15) is 11.3 Å². The predicted octanol–water partition coefficient (Wildman–Crippen LogP) is 3.83. The molecular formula is C21H14O6. The van der Waals surface area contributed by atoms with Gasteiger partial charge < -0.3 is 4.74 Å². The average molecular weight is 362 g/mol. The van der Waals surface area contributed by atoms with E-state index >= 15 is 0 Å². The molecule has 0 aliphatic carbocycles. The SMILES string of the molecule is O=C(OOC(=O)c1ccccc1OC(=O)c1ccccc1)c1ccccc1. The molecule has 0 atom stereocenters. The maximum atomic E-state index is 12.2. The number of para-hydroxylation sites is 1. The Balaban J connectivity index is 1.69. The van der Waals surface area contributed by atoms with Crippen LogP contribution in [0.3, 0.4) is 0 Å². The van der Waals surface area contributed by atoms with Crippen LogP contribution in [0.25, 0.3) is 0 Å². The summed E-state index contributed by atoms with van der Waals surface area (Å²) in [5, 5.41) is 0. The maximum Gasteiger partial charge on any atom is 0.390 e. The molecule has 0 radical (unpaired) electrons. The van der Waals surface area contributed by atoms with E-state index in [4.69, 9.17) is 4.74 Å². The molecule has 27 heavy (non-hydrogen) atoms. The number of carbonyl (C=O) groups is 3. The Morgan fingerprint density at radius 3 is 1.63 bits per heavy atom. The number of ether oxygens (including phenoxy) is 1. The summed E-state index contributed by atoms with van der Waals surface area (Å²) in [5.74, 6) is -2.41. The molecule has 0 aliphatic heterocycles. The molecule has 0 aromatic heterocycles. The summed E-state index contributed by atoms with van der Waals surface area (Å²) in [5.41, 5.74) is 0.507. The van der Waals surface area contributed by atoms with Crippen LogP contribution in [0.4, 0.5) is 0 Å². The van der Waals surface area contributed by atoms with Gasteiger partial charge in [-0.05, 0) is 36.4 Å². The Morgan fingerprint density at radius 1 is 0.519 bits per heavy atom. The lowest BCUT2D eigenvalue weighted by atomic mass is 10.2. The standard InChI is InChI=1S/C21H14O6/c22-19(15-9-3-1-4-10-15)25-18-14-8-7-13-17(18)21(24)27-26-20(23)16-11-5-2-6-12-16/h1-14H. The third kappa shape index (κ3) is 4.58. The fourth-order valence-electron chi connectivity index (χ4n) is 2.20. The molecule has 0 heterocycles. The molecule has 3 aromatic carbocycles. The molecule has 0 spiro atoms. The van der Waals surface area contributed by atoms with Crippen molar-refractivity contribution in [3.8, 4) is 5.75 Å². The minimum atomic E-state index is -0.962. The molecule has 3 rings (SSSR count). The van der Waals surface area contributed by atoms with Crippen LogP contribution in [0.2, 0.25) is 0 Å². The summed E-state index contributed by atoms with van der Waals surface area (Å²) in [6.07, 6.45) is 0. The summed E-state index contributed by atoms with van der Waals surface area (Å²) >= 11 is 0. The quantitative estimate of drug-likeness (QED) is 0.304. The van der Waals surface area contributed by atoms with E-state index in [9.17, 15) is 14.4 Å². The second-order valence-corrected chi connectivity index (χ2v) is 5.36. The molecular weight excluding hydrogens is 348 g/mol. The van der Waals surface area contributed by atoms with E-state index in [0.29, 0.717) is 5.56 Å². The first kappa shape index (κ1) is 17.9. The molecule has 3 aromatic rings. The fourth-order valence-corrected chi connectivity index (χ4v) is 2.20. The van der Waals surface area contributed by atoms with Crippen molar-refractivity contribution in [3.05, 3.63) is 102 Å². The van der Waals surface area contributed by atoms with Gasteiger partial charge in [-0.3, -0.25) is 0 Å². The first-order chi connectivity index (χ1) is 13.1. The fraction of sp³-hybridized carbons (Fsp3) is 0. The lowest BCUT2D eigenvalue weighted by Gasteiger charge is -2.09. The zero-order valence-corrected chi connectivity index (χ0v) is 14.0. The second-order valence-electron chi connectivity index (χ2n) is 5.36. The molecule has 0 saturated carbocycles. The van der Waals surface area contributed by atoms with E-state index in [2.05, 4.69) is 9.78 Å². The van der Waals surface area contributed by atoms with Gasteiger partial charge in [0.15, 0.2) is 0 Å². The van der Waals surface area contributed by atoms with Crippen LogP contribution < -0.4 is 4.74 Å². The molecule has 0 amide bonds. The zero-order chi connectivity index (χ0) is 19.1. The van der Waals surface area contributed by atoms with Crippen LogP contribution in [0.1, 0.15) is 31.1 Å². The molecule has 0 saturated heterocycles. The van der Waals surface area contributed by atoms with Gasteiger partial charge in [0.25, 0.3) is 0 Å². The minimum absolute atomic E-state index is 0.00730. The minimum Gasteiger partial charge on any atom is -0.422 e. The zero-order valence-electron chi connectivity index (χ0n) is 14.0. The number of benzene rings is 3. The van der Waals surface area contributed by atoms with Gasteiger partial charge in [-0.15, -0.1) is 0 Å². The van der Waals surface area contributed by atoms with E-state index < -0.39 is 17.9 Å². The molecule has 0 N–H and O–H groups in total. The summed E-state index contributed by atoms with van der Waals surface area (Å²) in [7, 11) is 0. The number of hydrogen-bond donors (Lipinski definition) is 0. The highest BCUT2D eigenvalue weighted by Gasteiger charge is 2.20. The van der Waals surface area contributed by atoms with Crippen molar-refractivity contribution in [2.75, 3.05) is 0 Å². The lowest BCUT2D eigenvalue weighted by molar-refractivity contribution is -0.187. The van der Waals surface area contributed by atoms with Crippen molar-refractivity contribution in [2.24, 2.45) is 0 Å². The number of hydrogen-bond acceptors (Lipinski definition) is 6.